The molecule has 2 aromatic carbocycles. The summed E-state index contributed by atoms with van der Waals surface area (Å²) in [6, 6.07) is 11.0. The van der Waals surface area contributed by atoms with Gasteiger partial charge >= 0.3 is 0 Å². The van der Waals surface area contributed by atoms with Gasteiger partial charge in [0.25, 0.3) is 0 Å². The SMILES string of the molecule is COc1cc(NC(=O)CSc2nnc(C(C)Oc3ccc(C)cc3)n2C)c(OC)cc1Cl. The van der Waals surface area contributed by atoms with Crippen molar-refractivity contribution in [2.45, 2.75) is 25.1 Å². The molecule has 0 aliphatic rings. The summed E-state index contributed by atoms with van der Waals surface area (Å²) in [5.74, 6) is 2.21. The molecule has 0 spiro atoms. The molecule has 8 nitrogen and oxygen atoms in total. The van der Waals surface area contributed by atoms with Crippen molar-refractivity contribution in [3.63, 3.8) is 0 Å². The number of aromatic nitrogens is 3. The third kappa shape index (κ3) is 5.66. The molecule has 0 saturated heterocycles. The number of hydrogen-bond acceptors (Lipinski definition) is 7. The predicted octanol–water partition coefficient (Wildman–Crippen LogP) is 4.66. The van der Waals surface area contributed by atoms with Crippen LogP contribution in [0.3, 0.4) is 0 Å². The molecule has 0 radical (unpaired) electrons. The number of carbonyl (C=O) groups is 1. The molecule has 1 atom stereocenters. The summed E-state index contributed by atoms with van der Waals surface area (Å²) in [5.41, 5.74) is 1.63. The minimum Gasteiger partial charge on any atom is -0.495 e. The van der Waals surface area contributed by atoms with Crippen LogP contribution in [0, 0.1) is 6.92 Å². The molecule has 10 heteroatoms. The zero-order valence-corrected chi connectivity index (χ0v) is 20.1. The van der Waals surface area contributed by atoms with Crippen molar-refractivity contribution in [1.82, 2.24) is 14.8 Å². The number of amides is 1. The number of thioether (sulfide) groups is 1. The summed E-state index contributed by atoms with van der Waals surface area (Å²) in [6.07, 6.45) is -0.302. The zero-order valence-electron chi connectivity index (χ0n) is 18.5. The second-order valence-corrected chi connectivity index (χ2v) is 8.35. The zero-order chi connectivity index (χ0) is 23.3. The summed E-state index contributed by atoms with van der Waals surface area (Å²) >= 11 is 7.38. The van der Waals surface area contributed by atoms with Crippen LogP contribution in [-0.2, 0) is 11.8 Å². The van der Waals surface area contributed by atoms with Gasteiger partial charge in [-0.3, -0.25) is 4.79 Å². The van der Waals surface area contributed by atoms with Crippen LogP contribution < -0.4 is 19.5 Å². The van der Waals surface area contributed by atoms with Gasteiger partial charge < -0.3 is 24.1 Å². The third-order valence-corrected chi connectivity index (χ3v) is 5.96. The number of rotatable bonds is 9. The molecular weight excluding hydrogens is 452 g/mol. The van der Waals surface area contributed by atoms with Gasteiger partial charge in [-0.25, -0.2) is 0 Å². The minimum atomic E-state index is -0.302. The van der Waals surface area contributed by atoms with Crippen LogP contribution in [0.4, 0.5) is 5.69 Å². The Bertz CT molecular complexity index is 1090. The van der Waals surface area contributed by atoms with E-state index in [1.165, 1.54) is 26.0 Å². The van der Waals surface area contributed by atoms with Gasteiger partial charge in [-0.2, -0.15) is 0 Å². The lowest BCUT2D eigenvalue weighted by molar-refractivity contribution is -0.113. The molecule has 3 aromatic rings. The van der Waals surface area contributed by atoms with Crippen molar-refractivity contribution in [2.75, 3.05) is 25.3 Å². The average molecular weight is 477 g/mol. The quantitative estimate of drug-likeness (QED) is 0.449. The Balaban J connectivity index is 1.62. The Morgan fingerprint density at radius 3 is 2.50 bits per heavy atom. The van der Waals surface area contributed by atoms with E-state index in [9.17, 15) is 4.79 Å². The van der Waals surface area contributed by atoms with E-state index in [0.717, 1.165) is 11.3 Å². The molecule has 0 aliphatic heterocycles. The largest absolute Gasteiger partial charge is 0.495 e. The summed E-state index contributed by atoms with van der Waals surface area (Å²) in [5, 5.41) is 12.2. The van der Waals surface area contributed by atoms with Gasteiger partial charge in [0.1, 0.15) is 17.2 Å². The van der Waals surface area contributed by atoms with Gasteiger partial charge in [0.05, 0.1) is 30.7 Å². The number of methoxy groups -OCH3 is 2. The minimum absolute atomic E-state index is 0.132. The second-order valence-electron chi connectivity index (χ2n) is 7.00. The fourth-order valence-electron chi connectivity index (χ4n) is 2.95. The summed E-state index contributed by atoms with van der Waals surface area (Å²) < 4.78 is 18.3. The van der Waals surface area contributed by atoms with Gasteiger partial charge in [0, 0.05) is 19.2 Å². The van der Waals surface area contributed by atoms with Crippen molar-refractivity contribution < 1.29 is 19.0 Å². The Labute approximate surface area is 196 Å². The van der Waals surface area contributed by atoms with Gasteiger partial charge in [0.2, 0.25) is 5.91 Å². The fourth-order valence-corrected chi connectivity index (χ4v) is 3.90. The molecule has 32 heavy (non-hydrogen) atoms. The highest BCUT2D eigenvalue weighted by Crippen LogP contribution is 2.36. The monoisotopic (exact) mass is 476 g/mol. The first-order valence-electron chi connectivity index (χ1n) is 9.79. The Hall–Kier alpha value is -2.91. The number of nitrogens with one attached hydrogen (secondary N) is 1. The van der Waals surface area contributed by atoms with E-state index in [-0.39, 0.29) is 17.8 Å². The normalized spacial score (nSPS) is 11.7. The van der Waals surface area contributed by atoms with E-state index in [0.29, 0.717) is 33.2 Å². The molecule has 3 rings (SSSR count). The number of halogens is 1. The van der Waals surface area contributed by atoms with E-state index in [4.69, 9.17) is 25.8 Å². The van der Waals surface area contributed by atoms with Crippen molar-refractivity contribution in [3.05, 3.63) is 52.8 Å². The van der Waals surface area contributed by atoms with E-state index >= 15 is 0 Å². The lowest BCUT2D eigenvalue weighted by Gasteiger charge is -2.14. The molecule has 1 amide bonds. The van der Waals surface area contributed by atoms with Gasteiger partial charge in [-0.05, 0) is 26.0 Å². The number of anilines is 1. The van der Waals surface area contributed by atoms with E-state index in [1.54, 1.807) is 12.1 Å². The highest BCUT2D eigenvalue weighted by atomic mass is 35.5. The number of ether oxygens (including phenoxy) is 3. The first-order valence-corrected chi connectivity index (χ1v) is 11.2. The van der Waals surface area contributed by atoms with Crippen LogP contribution in [0.2, 0.25) is 5.02 Å². The molecule has 0 bridgehead atoms. The van der Waals surface area contributed by atoms with Crippen molar-refractivity contribution >= 4 is 35.0 Å². The van der Waals surface area contributed by atoms with E-state index in [1.807, 2.05) is 49.7 Å². The predicted molar refractivity (Wildman–Crippen MR) is 125 cm³/mol. The molecule has 1 aromatic heterocycles. The standard InChI is InChI=1S/C22H25ClN4O4S/c1-13-6-8-15(9-7-13)31-14(2)21-25-26-22(27(21)3)32-12-20(28)24-17-11-18(29-4)16(23)10-19(17)30-5/h6-11,14H,12H2,1-5H3,(H,24,28). The van der Waals surface area contributed by atoms with Crippen LogP contribution in [0.1, 0.15) is 24.4 Å². The number of nitrogens with zero attached hydrogens (tertiary/aromatic N) is 3. The number of hydrogen-bond donors (Lipinski definition) is 1. The lowest BCUT2D eigenvalue weighted by atomic mass is 10.2. The van der Waals surface area contributed by atoms with Gasteiger partial charge in [-0.15, -0.1) is 10.2 Å². The van der Waals surface area contributed by atoms with Crippen LogP contribution in [-0.4, -0.2) is 40.6 Å². The maximum Gasteiger partial charge on any atom is 0.234 e. The molecule has 170 valence electrons. The maximum atomic E-state index is 12.5. The average Bonchev–Trinajstić information content (AvgIpc) is 3.15. The van der Waals surface area contributed by atoms with Crippen LogP contribution in [0.5, 0.6) is 17.2 Å². The summed E-state index contributed by atoms with van der Waals surface area (Å²) in [7, 11) is 4.85. The third-order valence-electron chi connectivity index (χ3n) is 4.65. The van der Waals surface area contributed by atoms with Gasteiger partial charge in [0.15, 0.2) is 17.1 Å². The molecule has 0 fully saturated rings. The molecule has 0 saturated carbocycles. The molecule has 1 N–H and O–H groups in total. The maximum absolute atomic E-state index is 12.5. The first kappa shape index (κ1) is 23.7. The van der Waals surface area contributed by atoms with Gasteiger partial charge in [-0.1, -0.05) is 41.1 Å². The Kier molecular flexibility index (Phi) is 7.87. The summed E-state index contributed by atoms with van der Waals surface area (Å²) in [4.78, 5) is 12.5. The number of carbonyl (C=O) groups excluding carboxylic acids is 1. The second kappa shape index (κ2) is 10.6. The number of benzene rings is 2. The van der Waals surface area contributed by atoms with E-state index in [2.05, 4.69) is 15.5 Å². The van der Waals surface area contributed by atoms with Crippen molar-refractivity contribution in [2.24, 2.45) is 7.05 Å². The smallest absolute Gasteiger partial charge is 0.234 e. The molecular formula is C22H25ClN4O4S. The van der Waals surface area contributed by atoms with E-state index < -0.39 is 0 Å². The molecule has 0 aliphatic carbocycles. The molecule has 1 unspecified atom stereocenters. The first-order chi connectivity index (χ1) is 15.3. The van der Waals surface area contributed by atoms with Crippen LogP contribution >= 0.6 is 23.4 Å². The van der Waals surface area contributed by atoms with Crippen LogP contribution in [0.15, 0.2) is 41.6 Å². The fraction of sp³-hybridized carbons (Fsp3) is 0.318. The highest BCUT2D eigenvalue weighted by molar-refractivity contribution is 7.99. The molecule has 1 heterocycles. The lowest BCUT2D eigenvalue weighted by Crippen LogP contribution is -2.15. The van der Waals surface area contributed by atoms with Crippen LogP contribution in [0.25, 0.3) is 0 Å². The highest BCUT2D eigenvalue weighted by Gasteiger charge is 2.19. The summed E-state index contributed by atoms with van der Waals surface area (Å²) in [6.45, 7) is 3.93. The van der Waals surface area contributed by atoms with Crippen molar-refractivity contribution in [1.29, 1.82) is 0 Å². The number of aryl methyl sites for hydroxylation is 1. The Morgan fingerprint density at radius 2 is 1.84 bits per heavy atom. The Morgan fingerprint density at radius 1 is 1.16 bits per heavy atom. The topological polar surface area (TPSA) is 87.5 Å². The van der Waals surface area contributed by atoms with Crippen molar-refractivity contribution in [3.8, 4) is 17.2 Å².